The molecule has 0 bridgehead atoms. The summed E-state index contributed by atoms with van der Waals surface area (Å²) in [4.78, 5) is 12.2. The average Bonchev–Trinajstić information content (AvgIpc) is 2.69. The topological polar surface area (TPSA) is 93.8 Å². The first kappa shape index (κ1) is 22.4. The van der Waals surface area contributed by atoms with Crippen molar-refractivity contribution >= 4 is 5.91 Å². The van der Waals surface area contributed by atoms with Crippen LogP contribution in [0.3, 0.4) is 0 Å². The molecule has 0 heterocycles. The van der Waals surface area contributed by atoms with Gasteiger partial charge in [-0.05, 0) is 36.1 Å². The second-order valence-electron chi connectivity index (χ2n) is 6.38. The molecule has 10 heteroatoms. The van der Waals surface area contributed by atoms with E-state index < -0.39 is 52.6 Å². The van der Waals surface area contributed by atoms with E-state index in [-0.39, 0.29) is 24.0 Å². The fraction of sp³-hybridized carbons (Fsp3) is 0.316. The molecular formula is C19H20F4N2O4. The first-order chi connectivity index (χ1) is 13.7. The lowest BCUT2D eigenvalue weighted by atomic mass is 9.85. The van der Waals surface area contributed by atoms with Crippen molar-refractivity contribution in [2.75, 3.05) is 14.2 Å². The van der Waals surface area contributed by atoms with Gasteiger partial charge < -0.3 is 15.2 Å². The van der Waals surface area contributed by atoms with Gasteiger partial charge >= 0.3 is 0 Å². The van der Waals surface area contributed by atoms with E-state index in [0.717, 1.165) is 38.5 Å². The van der Waals surface area contributed by atoms with Crippen LogP contribution in [0.2, 0.25) is 0 Å². The van der Waals surface area contributed by atoms with Crippen LogP contribution in [0.25, 0.3) is 0 Å². The predicted molar refractivity (Wildman–Crippen MR) is 94.7 cm³/mol. The van der Waals surface area contributed by atoms with Gasteiger partial charge in [-0.25, -0.2) is 23.0 Å². The molecule has 29 heavy (non-hydrogen) atoms. The van der Waals surface area contributed by atoms with Crippen molar-refractivity contribution in [2.24, 2.45) is 5.73 Å². The molecule has 0 aromatic heterocycles. The van der Waals surface area contributed by atoms with Gasteiger partial charge in [-0.3, -0.25) is 10.0 Å². The Morgan fingerprint density at radius 2 is 1.48 bits per heavy atom. The van der Waals surface area contributed by atoms with Crippen LogP contribution in [-0.2, 0) is 17.6 Å². The van der Waals surface area contributed by atoms with Gasteiger partial charge in [0, 0.05) is 6.42 Å². The molecule has 158 valence electrons. The minimum absolute atomic E-state index is 0.000901. The summed E-state index contributed by atoms with van der Waals surface area (Å²) in [7, 11) is 2.18. The SMILES string of the molecule is COc1c(F)ccc(CCC(N)(Cc2ccc(F)c(OC)c2F)C(=O)NO)c1F. The van der Waals surface area contributed by atoms with Gasteiger partial charge in [0.25, 0.3) is 5.91 Å². The molecule has 2 rings (SSSR count). The van der Waals surface area contributed by atoms with Gasteiger partial charge in [0.1, 0.15) is 5.54 Å². The third-order valence-corrected chi connectivity index (χ3v) is 4.57. The highest BCUT2D eigenvalue weighted by atomic mass is 19.1. The number of hydrogen-bond donors (Lipinski definition) is 3. The Hall–Kier alpha value is -2.85. The maximum Gasteiger partial charge on any atom is 0.263 e. The summed E-state index contributed by atoms with van der Waals surface area (Å²) in [6.45, 7) is 0. The molecule has 0 saturated heterocycles. The molecule has 1 amide bonds. The van der Waals surface area contributed by atoms with E-state index in [9.17, 15) is 22.4 Å². The highest BCUT2D eigenvalue weighted by Crippen LogP contribution is 2.29. The molecule has 4 N–H and O–H groups in total. The number of hydrogen-bond acceptors (Lipinski definition) is 5. The van der Waals surface area contributed by atoms with Crippen molar-refractivity contribution in [3.63, 3.8) is 0 Å². The van der Waals surface area contributed by atoms with Gasteiger partial charge in [-0.15, -0.1) is 0 Å². The molecule has 6 nitrogen and oxygen atoms in total. The Bertz CT molecular complexity index is 910. The third kappa shape index (κ3) is 4.60. The van der Waals surface area contributed by atoms with Crippen molar-refractivity contribution in [3.05, 3.63) is 58.7 Å². The van der Waals surface area contributed by atoms with Crippen LogP contribution in [0.15, 0.2) is 24.3 Å². The largest absolute Gasteiger partial charge is 0.491 e. The van der Waals surface area contributed by atoms with Gasteiger partial charge in [0.15, 0.2) is 34.8 Å². The number of nitrogens with one attached hydrogen (secondary N) is 1. The molecule has 1 unspecified atom stereocenters. The van der Waals surface area contributed by atoms with Crippen molar-refractivity contribution in [3.8, 4) is 11.5 Å². The monoisotopic (exact) mass is 416 g/mol. The fourth-order valence-corrected chi connectivity index (χ4v) is 2.94. The number of carbonyl (C=O) groups is 1. The van der Waals surface area contributed by atoms with E-state index >= 15 is 0 Å². The zero-order valence-corrected chi connectivity index (χ0v) is 15.7. The number of rotatable bonds is 8. The second kappa shape index (κ2) is 9.10. The lowest BCUT2D eigenvalue weighted by molar-refractivity contribution is -0.135. The standard InChI is InChI=1S/C19H20F4N2O4/c1-28-16-12(20)5-3-10(14(16)22)7-8-19(24,18(26)25-27)9-11-4-6-13(21)17(29-2)15(11)23/h3-6,27H,7-9,24H2,1-2H3,(H,25,26). The Balaban J connectivity index is 2.34. The van der Waals surface area contributed by atoms with E-state index in [4.69, 9.17) is 10.9 Å². The van der Waals surface area contributed by atoms with Crippen LogP contribution >= 0.6 is 0 Å². The van der Waals surface area contributed by atoms with Crippen LogP contribution in [-0.4, -0.2) is 30.9 Å². The van der Waals surface area contributed by atoms with Crippen LogP contribution in [0.4, 0.5) is 17.6 Å². The quantitative estimate of drug-likeness (QED) is 0.350. The summed E-state index contributed by atoms with van der Waals surface area (Å²) in [6, 6.07) is 4.18. The van der Waals surface area contributed by atoms with E-state index in [1.54, 1.807) is 0 Å². The molecular weight excluding hydrogens is 396 g/mol. The molecule has 0 radical (unpaired) electrons. The first-order valence-electron chi connectivity index (χ1n) is 8.43. The molecule has 2 aromatic rings. The van der Waals surface area contributed by atoms with Crippen molar-refractivity contribution in [2.45, 2.75) is 24.8 Å². The molecule has 0 aliphatic carbocycles. The number of aryl methyl sites for hydroxylation is 1. The Morgan fingerprint density at radius 1 is 1.00 bits per heavy atom. The summed E-state index contributed by atoms with van der Waals surface area (Å²) in [5, 5.41) is 9.03. The predicted octanol–water partition coefficient (Wildman–Crippen LogP) is 2.64. The third-order valence-electron chi connectivity index (χ3n) is 4.57. The molecule has 2 aromatic carbocycles. The minimum atomic E-state index is -1.90. The van der Waals surface area contributed by atoms with Gasteiger partial charge in [0.05, 0.1) is 14.2 Å². The number of ether oxygens (including phenoxy) is 2. The van der Waals surface area contributed by atoms with Crippen molar-refractivity contribution < 1.29 is 37.0 Å². The molecule has 0 spiro atoms. The Labute approximate surface area is 164 Å². The van der Waals surface area contributed by atoms with Gasteiger partial charge in [-0.2, -0.15) is 0 Å². The van der Waals surface area contributed by atoms with Crippen LogP contribution < -0.4 is 20.7 Å². The van der Waals surface area contributed by atoms with E-state index in [0.29, 0.717) is 0 Å². The van der Waals surface area contributed by atoms with Gasteiger partial charge in [-0.1, -0.05) is 12.1 Å². The normalized spacial score (nSPS) is 13.0. The van der Waals surface area contributed by atoms with Gasteiger partial charge in [0.2, 0.25) is 0 Å². The van der Waals surface area contributed by atoms with Crippen molar-refractivity contribution in [1.29, 1.82) is 0 Å². The maximum absolute atomic E-state index is 14.5. The number of hydroxylamine groups is 1. The number of carbonyl (C=O) groups excluding carboxylic acids is 1. The van der Waals surface area contributed by atoms with Crippen molar-refractivity contribution in [1.82, 2.24) is 5.48 Å². The lowest BCUT2D eigenvalue weighted by Crippen LogP contribution is -2.55. The fourth-order valence-electron chi connectivity index (χ4n) is 2.94. The molecule has 0 aliphatic rings. The molecule has 0 aliphatic heterocycles. The van der Waals surface area contributed by atoms with Crippen LogP contribution in [0.1, 0.15) is 17.5 Å². The summed E-state index contributed by atoms with van der Waals surface area (Å²) in [5.74, 6) is -6.16. The summed E-state index contributed by atoms with van der Waals surface area (Å²) in [6.07, 6.45) is -0.877. The Morgan fingerprint density at radius 3 is 1.97 bits per heavy atom. The zero-order valence-electron chi connectivity index (χ0n) is 15.7. The first-order valence-corrected chi connectivity index (χ1v) is 8.43. The van der Waals surface area contributed by atoms with E-state index in [2.05, 4.69) is 9.47 Å². The van der Waals surface area contributed by atoms with Crippen LogP contribution in [0.5, 0.6) is 11.5 Å². The lowest BCUT2D eigenvalue weighted by Gasteiger charge is -2.28. The van der Waals surface area contributed by atoms with E-state index in [1.807, 2.05) is 0 Å². The summed E-state index contributed by atoms with van der Waals surface area (Å²) in [5.41, 5.74) is 5.44. The highest BCUT2D eigenvalue weighted by Gasteiger charge is 2.36. The maximum atomic E-state index is 14.5. The minimum Gasteiger partial charge on any atom is -0.491 e. The molecule has 0 saturated carbocycles. The molecule has 1 atom stereocenters. The Kier molecular flexibility index (Phi) is 7.04. The summed E-state index contributed by atoms with van der Waals surface area (Å²) < 4.78 is 65.3. The second-order valence-corrected chi connectivity index (χ2v) is 6.38. The number of nitrogens with two attached hydrogens (primary N) is 1. The number of methoxy groups -OCH3 is 2. The summed E-state index contributed by atoms with van der Waals surface area (Å²) >= 11 is 0. The average molecular weight is 416 g/mol. The smallest absolute Gasteiger partial charge is 0.263 e. The highest BCUT2D eigenvalue weighted by molar-refractivity contribution is 5.85. The number of amides is 1. The molecule has 0 fully saturated rings. The number of benzene rings is 2. The van der Waals surface area contributed by atoms with Crippen LogP contribution in [0, 0.1) is 23.3 Å². The number of halogens is 4. The van der Waals surface area contributed by atoms with E-state index in [1.165, 1.54) is 5.48 Å². The zero-order chi connectivity index (χ0) is 21.8.